The second-order valence-corrected chi connectivity index (χ2v) is 17.9. The molecule has 0 spiro atoms. The Morgan fingerprint density at radius 2 is 0.719 bits per heavy atom. The fourth-order valence-corrected chi connectivity index (χ4v) is 8.17. The summed E-state index contributed by atoms with van der Waals surface area (Å²) in [7, 11) is 0. The van der Waals surface area contributed by atoms with Crippen LogP contribution < -0.4 is 5.32 Å². The second-order valence-electron chi connectivity index (χ2n) is 17.9. The molecule has 0 aliphatic carbocycles. The summed E-state index contributed by atoms with van der Waals surface area (Å²) in [6.45, 7) is 4.01. The van der Waals surface area contributed by atoms with Crippen LogP contribution in [0.15, 0.2) is 12.2 Å². The van der Waals surface area contributed by atoms with Gasteiger partial charge < -0.3 is 25.7 Å². The average Bonchev–Trinajstić information content (AvgIpc) is 3.22. The van der Waals surface area contributed by atoms with E-state index in [4.69, 9.17) is 0 Å². The van der Waals surface area contributed by atoms with E-state index in [0.29, 0.717) is 12.8 Å². The maximum absolute atomic E-state index is 12.5. The van der Waals surface area contributed by atoms with E-state index in [2.05, 4.69) is 31.3 Å². The van der Waals surface area contributed by atoms with Gasteiger partial charge >= 0.3 is 0 Å². The van der Waals surface area contributed by atoms with Crippen LogP contribution in [-0.4, -0.2) is 57.3 Å². The number of hydrogen-bond acceptors (Lipinski definition) is 5. The summed E-state index contributed by atoms with van der Waals surface area (Å²) in [6, 6.07) is -0.996. The van der Waals surface area contributed by atoms with Gasteiger partial charge in [0.2, 0.25) is 5.91 Å². The molecule has 4 unspecified atom stereocenters. The number of hydrogen-bond donors (Lipinski definition) is 5. The number of rotatable bonds is 47. The Balaban J connectivity index is 3.49. The summed E-state index contributed by atoms with van der Waals surface area (Å²) in [5, 5.41) is 43.5. The van der Waals surface area contributed by atoms with Gasteiger partial charge in [-0.05, 0) is 38.5 Å². The number of amides is 1. The lowest BCUT2D eigenvalue weighted by atomic mass is 10.00. The number of aliphatic hydroxyl groups excluding tert-OH is 4. The molecule has 0 aliphatic heterocycles. The lowest BCUT2D eigenvalue weighted by Gasteiger charge is -2.27. The van der Waals surface area contributed by atoms with Crippen molar-refractivity contribution in [1.29, 1.82) is 0 Å². The van der Waals surface area contributed by atoms with Crippen molar-refractivity contribution in [3.05, 3.63) is 12.2 Å². The molecule has 0 aromatic heterocycles. The molecule has 0 saturated heterocycles. The minimum atomic E-state index is -1.28. The molecule has 6 heteroatoms. The van der Waals surface area contributed by atoms with Crippen molar-refractivity contribution < 1.29 is 25.2 Å². The zero-order chi connectivity index (χ0) is 41.7. The van der Waals surface area contributed by atoms with Gasteiger partial charge in [0.1, 0.15) is 12.2 Å². The van der Waals surface area contributed by atoms with Crippen LogP contribution in [0.2, 0.25) is 0 Å². The van der Waals surface area contributed by atoms with Crippen LogP contribution in [0.4, 0.5) is 0 Å². The van der Waals surface area contributed by atoms with Crippen LogP contribution in [0.3, 0.4) is 0 Å². The van der Waals surface area contributed by atoms with Crippen molar-refractivity contribution >= 4 is 5.91 Å². The van der Waals surface area contributed by atoms with Gasteiger partial charge in [-0.15, -0.1) is 0 Å². The zero-order valence-electron chi connectivity index (χ0n) is 38.4. The highest BCUT2D eigenvalue weighted by Gasteiger charge is 2.28. The van der Waals surface area contributed by atoms with Gasteiger partial charge in [0, 0.05) is 0 Å². The van der Waals surface area contributed by atoms with Crippen LogP contribution in [0, 0.1) is 0 Å². The SMILES string of the molecule is CCCCCC/C=C/CCCC(O)C(O)C(CO)NC(=O)C(O)CCCCCCCCCCCCCCCCCCCCCCCCCCCCCCCCCC. The molecule has 0 rings (SSSR count). The molecule has 6 nitrogen and oxygen atoms in total. The zero-order valence-corrected chi connectivity index (χ0v) is 38.4. The first kappa shape index (κ1) is 56.0. The third kappa shape index (κ3) is 40.2. The minimum absolute atomic E-state index is 0.368. The van der Waals surface area contributed by atoms with Crippen LogP contribution in [0.5, 0.6) is 0 Å². The van der Waals surface area contributed by atoms with E-state index in [1.54, 1.807) is 0 Å². The van der Waals surface area contributed by atoms with Crippen LogP contribution in [0.25, 0.3) is 0 Å². The van der Waals surface area contributed by atoms with Crippen LogP contribution in [0.1, 0.15) is 277 Å². The molecule has 340 valence electrons. The number of carbonyl (C=O) groups excluding carboxylic acids is 1. The highest BCUT2D eigenvalue weighted by molar-refractivity contribution is 5.80. The van der Waals surface area contributed by atoms with Crippen LogP contribution >= 0.6 is 0 Å². The van der Waals surface area contributed by atoms with E-state index in [1.807, 2.05) is 0 Å². The molecular weight excluding hydrogens is 707 g/mol. The number of aliphatic hydroxyl groups is 4. The average molecular weight is 808 g/mol. The molecule has 0 radical (unpaired) electrons. The van der Waals surface area contributed by atoms with Gasteiger partial charge in [-0.1, -0.05) is 251 Å². The highest BCUT2D eigenvalue weighted by atomic mass is 16.3. The van der Waals surface area contributed by atoms with E-state index in [1.165, 1.54) is 212 Å². The first-order chi connectivity index (χ1) is 28.0. The summed E-state index contributed by atoms with van der Waals surface area (Å²) < 4.78 is 0. The van der Waals surface area contributed by atoms with Crippen LogP contribution in [-0.2, 0) is 4.79 Å². The van der Waals surface area contributed by atoms with E-state index >= 15 is 0 Å². The van der Waals surface area contributed by atoms with Crippen molar-refractivity contribution in [1.82, 2.24) is 5.32 Å². The van der Waals surface area contributed by atoms with Crippen molar-refractivity contribution in [3.63, 3.8) is 0 Å². The van der Waals surface area contributed by atoms with Gasteiger partial charge in [-0.3, -0.25) is 4.79 Å². The predicted molar refractivity (Wildman–Crippen MR) is 247 cm³/mol. The molecule has 0 aliphatic rings. The van der Waals surface area contributed by atoms with Crippen molar-refractivity contribution in [2.24, 2.45) is 0 Å². The maximum atomic E-state index is 12.5. The van der Waals surface area contributed by atoms with E-state index in [9.17, 15) is 25.2 Å². The summed E-state index contributed by atoms with van der Waals surface area (Å²) in [5.41, 5.74) is 0. The second kappa shape index (κ2) is 46.1. The molecule has 0 saturated carbocycles. The van der Waals surface area contributed by atoms with Crippen molar-refractivity contribution in [2.75, 3.05) is 6.61 Å². The minimum Gasteiger partial charge on any atom is -0.394 e. The molecule has 0 heterocycles. The van der Waals surface area contributed by atoms with Gasteiger partial charge in [-0.2, -0.15) is 0 Å². The van der Waals surface area contributed by atoms with Crippen molar-refractivity contribution in [3.8, 4) is 0 Å². The lowest BCUT2D eigenvalue weighted by molar-refractivity contribution is -0.132. The number of carbonyl (C=O) groups is 1. The Hall–Kier alpha value is -0.950. The molecule has 1 amide bonds. The lowest BCUT2D eigenvalue weighted by Crippen LogP contribution is -2.53. The fourth-order valence-electron chi connectivity index (χ4n) is 8.17. The number of nitrogens with one attached hydrogen (secondary N) is 1. The highest BCUT2D eigenvalue weighted by Crippen LogP contribution is 2.18. The maximum Gasteiger partial charge on any atom is 0.249 e. The molecule has 0 aromatic carbocycles. The molecule has 0 fully saturated rings. The molecule has 0 bridgehead atoms. The third-order valence-corrected chi connectivity index (χ3v) is 12.2. The first-order valence-corrected chi connectivity index (χ1v) is 25.6. The van der Waals surface area contributed by atoms with Gasteiger partial charge in [0.25, 0.3) is 0 Å². The van der Waals surface area contributed by atoms with Crippen molar-refractivity contribution in [2.45, 2.75) is 301 Å². The normalized spacial score (nSPS) is 14.0. The Morgan fingerprint density at radius 1 is 0.421 bits per heavy atom. The predicted octanol–water partition coefficient (Wildman–Crippen LogP) is 14.1. The Morgan fingerprint density at radius 3 is 1.05 bits per heavy atom. The standard InChI is InChI=1S/C51H101NO5/c1-3-5-7-9-11-13-14-15-16-17-18-19-20-21-22-23-24-25-26-27-28-29-30-31-32-33-34-35-37-39-41-43-45-49(55)51(57)52-47(46-53)50(56)48(54)44-42-40-38-36-12-10-8-6-4-2/h36,38,47-50,53-56H,3-35,37,39-46H2,1-2H3,(H,52,57)/b38-36+. The Kier molecular flexibility index (Phi) is 45.4. The number of allylic oxidation sites excluding steroid dienone is 2. The quantitative estimate of drug-likeness (QED) is 0.0311. The first-order valence-electron chi connectivity index (χ1n) is 25.6. The van der Waals surface area contributed by atoms with Gasteiger partial charge in [-0.25, -0.2) is 0 Å². The molecule has 57 heavy (non-hydrogen) atoms. The van der Waals surface area contributed by atoms with Gasteiger partial charge in [0.05, 0.1) is 18.8 Å². The fraction of sp³-hybridized carbons (Fsp3) is 0.941. The van der Waals surface area contributed by atoms with E-state index in [0.717, 1.165) is 38.5 Å². The summed E-state index contributed by atoms with van der Waals surface area (Å²) in [4.78, 5) is 12.5. The topological polar surface area (TPSA) is 110 Å². The van der Waals surface area contributed by atoms with E-state index < -0.39 is 36.9 Å². The monoisotopic (exact) mass is 808 g/mol. The molecule has 4 atom stereocenters. The smallest absolute Gasteiger partial charge is 0.249 e. The Bertz CT molecular complexity index is 821. The van der Waals surface area contributed by atoms with E-state index in [-0.39, 0.29) is 0 Å². The molecule has 0 aromatic rings. The third-order valence-electron chi connectivity index (χ3n) is 12.2. The van der Waals surface area contributed by atoms with Gasteiger partial charge in [0.15, 0.2) is 0 Å². The Labute approximate surface area is 355 Å². The molecular formula is C51H101NO5. The number of unbranched alkanes of at least 4 members (excludes halogenated alkanes) is 36. The summed E-state index contributed by atoms with van der Waals surface area (Å²) >= 11 is 0. The largest absolute Gasteiger partial charge is 0.394 e. The molecule has 5 N–H and O–H groups in total. The summed E-state index contributed by atoms with van der Waals surface area (Å²) in [6.07, 6.45) is 53.1. The summed E-state index contributed by atoms with van der Waals surface area (Å²) in [5.74, 6) is -0.591.